The summed E-state index contributed by atoms with van der Waals surface area (Å²) in [6.45, 7) is 7.81. The van der Waals surface area contributed by atoms with Gasteiger partial charge in [0, 0.05) is 49.6 Å². The van der Waals surface area contributed by atoms with Gasteiger partial charge in [-0.3, -0.25) is 9.36 Å². The van der Waals surface area contributed by atoms with Gasteiger partial charge in [-0.2, -0.15) is 0 Å². The average molecular weight is 542 g/mol. The van der Waals surface area contributed by atoms with Crippen molar-refractivity contribution in [3.8, 4) is 22.8 Å². The number of carbonyl (C=O) groups excluding carboxylic acids is 1. The average Bonchev–Trinajstić information content (AvgIpc) is 3.40. The van der Waals surface area contributed by atoms with E-state index in [1.165, 1.54) is 5.56 Å². The number of aryl methyl sites for hydroxylation is 1. The molecule has 0 radical (unpaired) electrons. The Kier molecular flexibility index (Phi) is 8.83. The molecule has 8 heteroatoms. The molecule has 0 N–H and O–H groups in total. The van der Waals surface area contributed by atoms with Crippen molar-refractivity contribution in [3.05, 3.63) is 84.4 Å². The highest BCUT2D eigenvalue weighted by Crippen LogP contribution is 2.30. The molecule has 2 heterocycles. The molecule has 4 aromatic rings. The second-order valence-corrected chi connectivity index (χ2v) is 10.6. The summed E-state index contributed by atoms with van der Waals surface area (Å²) in [4.78, 5) is 17.3. The van der Waals surface area contributed by atoms with Crippen LogP contribution in [0.1, 0.15) is 25.3 Å². The number of amides is 1. The number of hydrogen-bond donors (Lipinski definition) is 0. The summed E-state index contributed by atoms with van der Waals surface area (Å²) in [6, 6.07) is 26.7. The molecule has 5 rings (SSSR count). The minimum Gasteiger partial charge on any atom is -0.492 e. The Bertz CT molecular complexity index is 1370. The Hall–Kier alpha value is -3.78. The standard InChI is InChI=1S/C31H35N5O2S/c1-3-38-28-13-8-7-12-27(28)34-19-21-35(22-20-34)29(37)14-9-23-39-31-33-32-30(25-17-15-24(2)16-18-25)36(31)26-10-5-4-6-11-26/h4-8,10-13,15-18H,3,9,14,19-23H2,1-2H3. The molecule has 1 aromatic heterocycles. The molecule has 0 bridgehead atoms. The molecule has 0 aliphatic carbocycles. The molecule has 0 spiro atoms. The molecule has 1 aliphatic heterocycles. The quantitative estimate of drug-likeness (QED) is 0.185. The number of thioether (sulfide) groups is 1. The fourth-order valence-corrected chi connectivity index (χ4v) is 5.69. The number of ether oxygens (including phenoxy) is 1. The monoisotopic (exact) mass is 541 g/mol. The van der Waals surface area contributed by atoms with Gasteiger partial charge >= 0.3 is 0 Å². The largest absolute Gasteiger partial charge is 0.492 e. The summed E-state index contributed by atoms with van der Waals surface area (Å²) in [5, 5.41) is 9.89. The number of para-hydroxylation sites is 3. The van der Waals surface area contributed by atoms with E-state index in [1.54, 1.807) is 11.8 Å². The maximum absolute atomic E-state index is 13.0. The lowest BCUT2D eigenvalue weighted by molar-refractivity contribution is -0.131. The predicted molar refractivity (Wildman–Crippen MR) is 158 cm³/mol. The summed E-state index contributed by atoms with van der Waals surface area (Å²) in [5.74, 6) is 2.75. The number of carbonyl (C=O) groups is 1. The Labute approximate surface area is 234 Å². The van der Waals surface area contributed by atoms with Crippen LogP contribution in [0.25, 0.3) is 17.1 Å². The molecule has 1 fully saturated rings. The maximum Gasteiger partial charge on any atom is 0.222 e. The minimum atomic E-state index is 0.221. The highest BCUT2D eigenvalue weighted by molar-refractivity contribution is 7.99. The molecule has 3 aromatic carbocycles. The Balaban J connectivity index is 1.16. The topological polar surface area (TPSA) is 63.5 Å². The smallest absolute Gasteiger partial charge is 0.222 e. The van der Waals surface area contributed by atoms with Gasteiger partial charge in [0.1, 0.15) is 5.75 Å². The third-order valence-corrected chi connectivity index (χ3v) is 7.88. The number of aromatic nitrogens is 3. The molecule has 1 amide bonds. The normalized spacial score (nSPS) is 13.5. The van der Waals surface area contributed by atoms with Gasteiger partial charge in [0.2, 0.25) is 5.91 Å². The van der Waals surface area contributed by atoms with E-state index in [9.17, 15) is 4.79 Å². The SMILES string of the molecule is CCOc1ccccc1N1CCN(C(=O)CCCSc2nnc(-c3ccc(C)cc3)n2-c2ccccc2)CC1. The molecule has 0 saturated carbocycles. The first-order valence-corrected chi connectivity index (χ1v) is 14.6. The first-order chi connectivity index (χ1) is 19.1. The lowest BCUT2D eigenvalue weighted by atomic mass is 10.1. The molecule has 0 unspecified atom stereocenters. The van der Waals surface area contributed by atoms with E-state index in [0.29, 0.717) is 13.0 Å². The number of benzene rings is 3. The third kappa shape index (κ3) is 6.45. The van der Waals surface area contributed by atoms with Crippen LogP contribution in [-0.2, 0) is 4.79 Å². The van der Waals surface area contributed by atoms with Gasteiger partial charge in [0.05, 0.1) is 12.3 Å². The van der Waals surface area contributed by atoms with E-state index in [2.05, 4.69) is 69.1 Å². The van der Waals surface area contributed by atoms with Gasteiger partial charge in [0.25, 0.3) is 0 Å². The fourth-order valence-electron chi connectivity index (χ4n) is 4.80. The minimum absolute atomic E-state index is 0.221. The maximum atomic E-state index is 13.0. The molecule has 1 saturated heterocycles. The molecule has 1 aliphatic rings. The molecular formula is C31H35N5O2S. The number of hydrogen-bond acceptors (Lipinski definition) is 6. The molecular weight excluding hydrogens is 506 g/mol. The Morgan fingerprint density at radius 1 is 0.897 bits per heavy atom. The van der Waals surface area contributed by atoms with Gasteiger partial charge in [-0.15, -0.1) is 10.2 Å². The van der Waals surface area contributed by atoms with E-state index in [-0.39, 0.29) is 5.91 Å². The molecule has 202 valence electrons. The lowest BCUT2D eigenvalue weighted by Gasteiger charge is -2.36. The molecule has 39 heavy (non-hydrogen) atoms. The van der Waals surface area contributed by atoms with Crippen LogP contribution in [0.4, 0.5) is 5.69 Å². The summed E-state index contributed by atoms with van der Waals surface area (Å²) < 4.78 is 7.91. The van der Waals surface area contributed by atoms with Crippen LogP contribution in [0.15, 0.2) is 84.0 Å². The van der Waals surface area contributed by atoms with Crippen LogP contribution < -0.4 is 9.64 Å². The number of rotatable bonds is 10. The van der Waals surface area contributed by atoms with Crippen molar-refractivity contribution >= 4 is 23.4 Å². The van der Waals surface area contributed by atoms with Gasteiger partial charge in [-0.25, -0.2) is 0 Å². The van der Waals surface area contributed by atoms with Crippen LogP contribution in [0.2, 0.25) is 0 Å². The van der Waals surface area contributed by atoms with Crippen molar-refractivity contribution in [2.75, 3.05) is 43.4 Å². The summed E-state index contributed by atoms with van der Waals surface area (Å²) >= 11 is 1.65. The number of nitrogens with zero attached hydrogens (tertiary/aromatic N) is 5. The fraction of sp³-hybridized carbons (Fsp3) is 0.323. The summed E-state index contributed by atoms with van der Waals surface area (Å²) in [6.07, 6.45) is 1.32. The van der Waals surface area contributed by atoms with Gasteiger partial charge < -0.3 is 14.5 Å². The second-order valence-electron chi connectivity index (χ2n) is 9.56. The van der Waals surface area contributed by atoms with Crippen molar-refractivity contribution in [2.45, 2.75) is 31.8 Å². The van der Waals surface area contributed by atoms with Crippen molar-refractivity contribution in [1.82, 2.24) is 19.7 Å². The molecule has 0 atom stereocenters. The van der Waals surface area contributed by atoms with Gasteiger partial charge in [-0.05, 0) is 44.5 Å². The van der Waals surface area contributed by atoms with Crippen molar-refractivity contribution in [1.29, 1.82) is 0 Å². The van der Waals surface area contributed by atoms with Crippen LogP contribution in [-0.4, -0.2) is 64.1 Å². The third-order valence-electron chi connectivity index (χ3n) is 6.86. The Morgan fingerprint density at radius 2 is 1.62 bits per heavy atom. The summed E-state index contributed by atoms with van der Waals surface area (Å²) in [5.41, 5.74) is 4.37. The van der Waals surface area contributed by atoms with Crippen molar-refractivity contribution < 1.29 is 9.53 Å². The highest BCUT2D eigenvalue weighted by Gasteiger charge is 2.23. The first kappa shape index (κ1) is 26.8. The van der Waals surface area contributed by atoms with Crippen molar-refractivity contribution in [3.63, 3.8) is 0 Å². The van der Waals surface area contributed by atoms with E-state index in [0.717, 1.165) is 72.0 Å². The van der Waals surface area contributed by atoms with Gasteiger partial charge in [-0.1, -0.05) is 71.9 Å². The number of anilines is 1. The van der Waals surface area contributed by atoms with Crippen LogP contribution in [0.3, 0.4) is 0 Å². The van der Waals surface area contributed by atoms with Crippen LogP contribution >= 0.6 is 11.8 Å². The zero-order valence-corrected chi connectivity index (χ0v) is 23.4. The first-order valence-electron chi connectivity index (χ1n) is 13.6. The zero-order valence-electron chi connectivity index (χ0n) is 22.6. The predicted octanol–water partition coefficient (Wildman–Crippen LogP) is 5.86. The molecule has 7 nitrogen and oxygen atoms in total. The highest BCUT2D eigenvalue weighted by atomic mass is 32.2. The van der Waals surface area contributed by atoms with Crippen LogP contribution in [0.5, 0.6) is 5.75 Å². The summed E-state index contributed by atoms with van der Waals surface area (Å²) in [7, 11) is 0. The van der Waals surface area contributed by atoms with Crippen LogP contribution in [0, 0.1) is 6.92 Å². The Morgan fingerprint density at radius 3 is 2.36 bits per heavy atom. The van der Waals surface area contributed by atoms with E-state index < -0.39 is 0 Å². The van der Waals surface area contributed by atoms with E-state index in [1.807, 2.05) is 48.2 Å². The van der Waals surface area contributed by atoms with E-state index in [4.69, 9.17) is 4.74 Å². The number of piperazine rings is 1. The lowest BCUT2D eigenvalue weighted by Crippen LogP contribution is -2.48. The van der Waals surface area contributed by atoms with E-state index >= 15 is 0 Å². The second kappa shape index (κ2) is 12.8. The zero-order chi connectivity index (χ0) is 27.0. The van der Waals surface area contributed by atoms with Crippen molar-refractivity contribution in [2.24, 2.45) is 0 Å². The van der Waals surface area contributed by atoms with Gasteiger partial charge in [0.15, 0.2) is 11.0 Å².